The smallest absolute Gasteiger partial charge is 0.227 e. The molecule has 0 aliphatic carbocycles. The van der Waals surface area contributed by atoms with Crippen LogP contribution in [0.3, 0.4) is 0 Å². The molecule has 0 spiro atoms. The first-order valence-electron chi connectivity index (χ1n) is 11.7. The number of aromatic nitrogens is 3. The maximum Gasteiger partial charge on any atom is 0.227 e. The first-order valence-corrected chi connectivity index (χ1v) is 11.7. The zero-order valence-corrected chi connectivity index (χ0v) is 19.4. The number of aryl methyl sites for hydroxylation is 2. The number of pyridine rings is 1. The van der Waals surface area contributed by atoms with Gasteiger partial charge in [0, 0.05) is 33.3 Å². The Morgan fingerprint density at radius 2 is 1.54 bits per heavy atom. The molecule has 7 rings (SSSR count). The summed E-state index contributed by atoms with van der Waals surface area (Å²) in [7, 11) is 0. The van der Waals surface area contributed by atoms with E-state index in [1.165, 1.54) is 11.1 Å². The quantitative estimate of drug-likeness (QED) is 0.250. The number of fused-ring (bicyclic) bond motifs is 6. The van der Waals surface area contributed by atoms with Gasteiger partial charge in [0.05, 0.1) is 11.2 Å². The molecule has 3 heterocycles. The molecule has 0 atom stereocenters. The highest BCUT2D eigenvalue weighted by Crippen LogP contribution is 2.39. The van der Waals surface area contributed by atoms with Crippen molar-refractivity contribution in [2.75, 3.05) is 0 Å². The molecule has 0 aliphatic rings. The lowest BCUT2D eigenvalue weighted by Gasteiger charge is -2.11. The Kier molecular flexibility index (Phi) is 4.24. The standard InChI is InChI=1S/C31H21N3O/c1-18-10-13-26(30-27(18)24-9-6-16-32-31(24)35-30)29-25-15-12-22-17-21(20-7-4-3-5-8-20)11-14-23(22)28(25)33-19(2)34-29/h3-17H,1-2H3. The predicted octanol–water partition coefficient (Wildman–Crippen LogP) is 8.03. The Balaban J connectivity index is 1.51. The van der Waals surface area contributed by atoms with Gasteiger partial charge in [0.25, 0.3) is 0 Å². The van der Waals surface area contributed by atoms with Crippen LogP contribution in [0.4, 0.5) is 0 Å². The number of hydrogen-bond donors (Lipinski definition) is 0. The third kappa shape index (κ3) is 3.03. The van der Waals surface area contributed by atoms with Crippen molar-refractivity contribution in [2.45, 2.75) is 13.8 Å². The Hall–Kier alpha value is -4.57. The lowest BCUT2D eigenvalue weighted by molar-refractivity contribution is 0.655. The average molecular weight is 452 g/mol. The van der Waals surface area contributed by atoms with E-state index in [1.807, 2.05) is 19.1 Å². The lowest BCUT2D eigenvalue weighted by Crippen LogP contribution is -1.96. The minimum absolute atomic E-state index is 0.645. The van der Waals surface area contributed by atoms with Gasteiger partial charge in [0.2, 0.25) is 5.71 Å². The molecule has 0 radical (unpaired) electrons. The molecule has 35 heavy (non-hydrogen) atoms. The number of nitrogens with zero attached hydrogens (tertiary/aromatic N) is 3. The van der Waals surface area contributed by atoms with Crippen LogP contribution in [0.1, 0.15) is 11.4 Å². The van der Waals surface area contributed by atoms with Crippen LogP contribution in [0.15, 0.2) is 95.5 Å². The maximum atomic E-state index is 6.29. The van der Waals surface area contributed by atoms with Gasteiger partial charge in [-0.2, -0.15) is 0 Å². The highest BCUT2D eigenvalue weighted by Gasteiger charge is 2.19. The minimum atomic E-state index is 0.645. The van der Waals surface area contributed by atoms with Crippen molar-refractivity contribution in [1.82, 2.24) is 15.0 Å². The summed E-state index contributed by atoms with van der Waals surface area (Å²) in [4.78, 5) is 14.2. The van der Waals surface area contributed by atoms with E-state index in [0.29, 0.717) is 5.71 Å². The summed E-state index contributed by atoms with van der Waals surface area (Å²) in [6.07, 6.45) is 1.76. The van der Waals surface area contributed by atoms with Crippen molar-refractivity contribution in [1.29, 1.82) is 0 Å². The third-order valence-corrected chi connectivity index (χ3v) is 6.76. The summed E-state index contributed by atoms with van der Waals surface area (Å²) >= 11 is 0. The van der Waals surface area contributed by atoms with Gasteiger partial charge in [-0.25, -0.2) is 15.0 Å². The molecule has 0 N–H and O–H groups in total. The van der Waals surface area contributed by atoms with Gasteiger partial charge in [0.1, 0.15) is 11.4 Å². The van der Waals surface area contributed by atoms with E-state index in [2.05, 4.69) is 84.7 Å². The second kappa shape index (κ2) is 7.47. The summed E-state index contributed by atoms with van der Waals surface area (Å²) in [6.45, 7) is 4.06. The summed E-state index contributed by atoms with van der Waals surface area (Å²) in [5.74, 6) is 0.732. The first kappa shape index (κ1) is 19.9. The molecule has 166 valence electrons. The van der Waals surface area contributed by atoms with E-state index >= 15 is 0 Å². The van der Waals surface area contributed by atoms with E-state index in [4.69, 9.17) is 14.4 Å². The summed E-state index contributed by atoms with van der Waals surface area (Å²) in [5, 5.41) is 5.39. The van der Waals surface area contributed by atoms with Crippen LogP contribution in [0, 0.1) is 13.8 Å². The fraction of sp³-hybridized carbons (Fsp3) is 0.0645. The molecule has 0 unspecified atom stereocenters. The third-order valence-electron chi connectivity index (χ3n) is 6.76. The van der Waals surface area contributed by atoms with Crippen LogP contribution < -0.4 is 0 Å². The molecule has 0 fully saturated rings. The second-order valence-electron chi connectivity index (χ2n) is 8.98. The average Bonchev–Trinajstić information content (AvgIpc) is 3.29. The molecule has 0 saturated carbocycles. The predicted molar refractivity (Wildman–Crippen MR) is 142 cm³/mol. The first-order chi connectivity index (χ1) is 17.2. The topological polar surface area (TPSA) is 51.8 Å². The van der Waals surface area contributed by atoms with Crippen LogP contribution in [0.25, 0.3) is 66.1 Å². The van der Waals surface area contributed by atoms with Crippen molar-refractivity contribution >= 4 is 43.7 Å². The zero-order valence-electron chi connectivity index (χ0n) is 19.4. The molecule has 4 aromatic carbocycles. The summed E-state index contributed by atoms with van der Waals surface area (Å²) in [5.41, 5.74) is 7.81. The van der Waals surface area contributed by atoms with Crippen LogP contribution in [-0.4, -0.2) is 15.0 Å². The highest BCUT2D eigenvalue weighted by atomic mass is 16.3. The van der Waals surface area contributed by atoms with E-state index in [9.17, 15) is 0 Å². The Morgan fingerprint density at radius 3 is 2.43 bits per heavy atom. The summed E-state index contributed by atoms with van der Waals surface area (Å²) < 4.78 is 6.29. The van der Waals surface area contributed by atoms with Gasteiger partial charge in [-0.05, 0) is 66.3 Å². The fourth-order valence-corrected chi connectivity index (χ4v) is 5.12. The largest absolute Gasteiger partial charge is 0.437 e. The number of hydrogen-bond acceptors (Lipinski definition) is 4. The second-order valence-corrected chi connectivity index (χ2v) is 8.98. The van der Waals surface area contributed by atoms with Crippen molar-refractivity contribution in [2.24, 2.45) is 0 Å². The van der Waals surface area contributed by atoms with Crippen molar-refractivity contribution < 1.29 is 4.42 Å². The molecule has 0 bridgehead atoms. The van der Waals surface area contributed by atoms with Gasteiger partial charge in [-0.3, -0.25) is 0 Å². The van der Waals surface area contributed by atoms with E-state index in [1.54, 1.807) is 6.20 Å². The maximum absolute atomic E-state index is 6.29. The van der Waals surface area contributed by atoms with Crippen LogP contribution in [-0.2, 0) is 0 Å². The van der Waals surface area contributed by atoms with Crippen LogP contribution in [0.5, 0.6) is 0 Å². The Labute approximate surface area is 201 Å². The van der Waals surface area contributed by atoms with E-state index in [0.717, 1.165) is 60.7 Å². The molecular formula is C31H21N3O. The molecule has 0 aliphatic heterocycles. The summed E-state index contributed by atoms with van der Waals surface area (Å²) in [6, 6.07) is 29.6. The van der Waals surface area contributed by atoms with E-state index < -0.39 is 0 Å². The Morgan fingerprint density at radius 1 is 0.686 bits per heavy atom. The minimum Gasteiger partial charge on any atom is -0.437 e. The molecule has 4 nitrogen and oxygen atoms in total. The molecule has 0 saturated heterocycles. The fourth-order valence-electron chi connectivity index (χ4n) is 5.12. The van der Waals surface area contributed by atoms with Crippen molar-refractivity contribution in [3.8, 4) is 22.4 Å². The van der Waals surface area contributed by atoms with Crippen LogP contribution in [0.2, 0.25) is 0 Å². The van der Waals surface area contributed by atoms with Gasteiger partial charge in [-0.1, -0.05) is 54.6 Å². The van der Waals surface area contributed by atoms with Crippen LogP contribution >= 0.6 is 0 Å². The monoisotopic (exact) mass is 451 g/mol. The molecule has 0 amide bonds. The van der Waals surface area contributed by atoms with Crippen molar-refractivity contribution in [3.63, 3.8) is 0 Å². The molecule has 3 aromatic heterocycles. The molecular weight excluding hydrogens is 430 g/mol. The number of furan rings is 1. The van der Waals surface area contributed by atoms with Gasteiger partial charge in [-0.15, -0.1) is 0 Å². The van der Waals surface area contributed by atoms with Gasteiger partial charge < -0.3 is 4.42 Å². The Bertz CT molecular complexity index is 1920. The normalized spacial score (nSPS) is 11.7. The van der Waals surface area contributed by atoms with Gasteiger partial charge in [0.15, 0.2) is 0 Å². The zero-order chi connectivity index (χ0) is 23.5. The van der Waals surface area contributed by atoms with E-state index in [-0.39, 0.29) is 0 Å². The van der Waals surface area contributed by atoms with Gasteiger partial charge >= 0.3 is 0 Å². The SMILES string of the molecule is Cc1nc(-c2ccc(C)c3c2oc2ncccc23)c2ccc3cc(-c4ccccc4)ccc3c2n1. The molecule has 7 aromatic rings. The highest BCUT2D eigenvalue weighted by molar-refractivity contribution is 6.15. The number of benzene rings is 4. The molecule has 4 heteroatoms. The van der Waals surface area contributed by atoms with Crippen molar-refractivity contribution in [3.05, 3.63) is 103 Å². The number of rotatable bonds is 2. The lowest BCUT2D eigenvalue weighted by atomic mass is 9.96.